The lowest BCUT2D eigenvalue weighted by Gasteiger charge is -2.24. The maximum Gasteiger partial charge on any atom is 0.264 e. The zero-order valence-corrected chi connectivity index (χ0v) is 22.6. The van der Waals surface area contributed by atoms with Gasteiger partial charge in [0.05, 0.1) is 16.3 Å². The number of carbonyl (C=O) groups is 1. The summed E-state index contributed by atoms with van der Waals surface area (Å²) < 4.78 is 28.1. The summed E-state index contributed by atoms with van der Waals surface area (Å²) in [5.41, 5.74) is 6.76. The van der Waals surface area contributed by atoms with Crippen LogP contribution in [0.4, 0.5) is 5.69 Å². The van der Waals surface area contributed by atoms with Gasteiger partial charge in [-0.15, -0.1) is 0 Å². The standard InChI is InChI=1S/C29H35N3O3S/c1-21(2)23-14-18-26(19-15-23)32(36(34,35)27-10-8-7-9-11-27)20-28(33)31-30-22(3)24-12-16-25(17-13-24)29(4,5)6/h7-19,21H,20H2,1-6H3,(H,31,33)/b30-22-. The molecular formula is C29H35N3O3S. The van der Waals surface area contributed by atoms with Crippen molar-refractivity contribution in [1.29, 1.82) is 0 Å². The Balaban J connectivity index is 1.83. The molecule has 0 saturated heterocycles. The molecule has 0 saturated carbocycles. The summed E-state index contributed by atoms with van der Waals surface area (Å²) in [6.07, 6.45) is 0. The van der Waals surface area contributed by atoms with Crippen molar-refractivity contribution in [1.82, 2.24) is 5.43 Å². The molecule has 0 bridgehead atoms. The quantitative estimate of drug-likeness (QED) is 0.308. The first-order valence-electron chi connectivity index (χ1n) is 12.0. The molecule has 0 fully saturated rings. The highest BCUT2D eigenvalue weighted by molar-refractivity contribution is 7.92. The van der Waals surface area contributed by atoms with Gasteiger partial charge in [-0.3, -0.25) is 9.10 Å². The lowest BCUT2D eigenvalue weighted by molar-refractivity contribution is -0.119. The number of amides is 1. The minimum absolute atomic E-state index is 0.0405. The Labute approximate surface area is 215 Å². The van der Waals surface area contributed by atoms with Gasteiger partial charge in [0.2, 0.25) is 0 Å². The molecule has 6 nitrogen and oxygen atoms in total. The smallest absolute Gasteiger partial charge is 0.264 e. The maximum absolute atomic E-state index is 13.5. The number of nitrogens with one attached hydrogen (secondary N) is 1. The molecule has 0 heterocycles. The molecule has 3 aromatic carbocycles. The van der Waals surface area contributed by atoms with E-state index in [4.69, 9.17) is 0 Å². The third kappa shape index (κ3) is 6.61. The monoisotopic (exact) mass is 505 g/mol. The van der Waals surface area contributed by atoms with Gasteiger partial charge in [0.1, 0.15) is 6.54 Å². The third-order valence-electron chi connectivity index (χ3n) is 5.98. The molecule has 0 aliphatic rings. The average molecular weight is 506 g/mol. The van der Waals surface area contributed by atoms with Crippen molar-refractivity contribution < 1.29 is 13.2 Å². The van der Waals surface area contributed by atoms with Gasteiger partial charge in [0.25, 0.3) is 15.9 Å². The van der Waals surface area contributed by atoms with Crippen LogP contribution in [0.25, 0.3) is 0 Å². The third-order valence-corrected chi connectivity index (χ3v) is 7.77. The van der Waals surface area contributed by atoms with E-state index in [2.05, 4.69) is 45.1 Å². The Hall–Kier alpha value is -3.45. The van der Waals surface area contributed by atoms with Crippen LogP contribution in [-0.4, -0.2) is 26.6 Å². The van der Waals surface area contributed by atoms with Gasteiger partial charge in [-0.25, -0.2) is 13.8 Å². The van der Waals surface area contributed by atoms with E-state index in [9.17, 15) is 13.2 Å². The summed E-state index contributed by atoms with van der Waals surface area (Å²) >= 11 is 0. The van der Waals surface area contributed by atoms with Crippen LogP contribution in [0, 0.1) is 0 Å². The Bertz CT molecular complexity index is 1310. The van der Waals surface area contributed by atoms with Crippen LogP contribution in [0.1, 0.15) is 64.2 Å². The van der Waals surface area contributed by atoms with Gasteiger partial charge >= 0.3 is 0 Å². The molecule has 3 aromatic rings. The number of hydrogen-bond acceptors (Lipinski definition) is 4. The van der Waals surface area contributed by atoms with E-state index in [-0.39, 0.29) is 10.3 Å². The normalized spacial score (nSPS) is 12.5. The molecule has 1 N–H and O–H groups in total. The molecule has 190 valence electrons. The van der Waals surface area contributed by atoms with E-state index in [0.717, 1.165) is 15.4 Å². The second-order valence-electron chi connectivity index (χ2n) is 10.1. The van der Waals surface area contributed by atoms with Crippen LogP contribution < -0.4 is 9.73 Å². The van der Waals surface area contributed by atoms with Crippen LogP contribution in [-0.2, 0) is 20.2 Å². The van der Waals surface area contributed by atoms with Crippen molar-refractivity contribution in [2.75, 3.05) is 10.8 Å². The van der Waals surface area contributed by atoms with E-state index in [0.29, 0.717) is 17.3 Å². The Morgan fingerprint density at radius 2 is 1.50 bits per heavy atom. The number of rotatable bonds is 8. The average Bonchev–Trinajstić information content (AvgIpc) is 2.86. The number of anilines is 1. The van der Waals surface area contributed by atoms with Crippen LogP contribution in [0.15, 0.2) is 88.9 Å². The molecule has 1 amide bonds. The van der Waals surface area contributed by atoms with Crippen molar-refractivity contribution in [2.24, 2.45) is 5.10 Å². The highest BCUT2D eigenvalue weighted by atomic mass is 32.2. The molecule has 0 atom stereocenters. The number of hydrogen-bond donors (Lipinski definition) is 1. The molecule has 0 aliphatic heterocycles. The molecule has 0 spiro atoms. The zero-order chi connectivity index (χ0) is 26.5. The summed E-state index contributed by atoms with van der Waals surface area (Å²) in [5, 5.41) is 4.22. The minimum Gasteiger partial charge on any atom is -0.271 e. The topological polar surface area (TPSA) is 78.8 Å². The van der Waals surface area contributed by atoms with E-state index in [1.807, 2.05) is 36.4 Å². The van der Waals surface area contributed by atoms with Crippen molar-refractivity contribution in [3.8, 4) is 0 Å². The largest absolute Gasteiger partial charge is 0.271 e. The fourth-order valence-electron chi connectivity index (χ4n) is 3.65. The Kier molecular flexibility index (Phi) is 8.35. The van der Waals surface area contributed by atoms with Gasteiger partial charge in [-0.2, -0.15) is 5.10 Å². The highest BCUT2D eigenvalue weighted by Crippen LogP contribution is 2.26. The van der Waals surface area contributed by atoms with Crippen LogP contribution in [0.2, 0.25) is 0 Å². The fourth-order valence-corrected chi connectivity index (χ4v) is 5.09. The predicted molar refractivity (Wildman–Crippen MR) is 147 cm³/mol. The first-order chi connectivity index (χ1) is 16.9. The minimum atomic E-state index is -3.97. The molecule has 0 radical (unpaired) electrons. The van der Waals surface area contributed by atoms with Crippen molar-refractivity contribution in [3.05, 3.63) is 95.6 Å². The number of carbonyl (C=O) groups excluding carboxylic acids is 1. The second-order valence-corrected chi connectivity index (χ2v) is 12.0. The zero-order valence-electron chi connectivity index (χ0n) is 21.8. The first-order valence-corrected chi connectivity index (χ1v) is 13.5. The van der Waals surface area contributed by atoms with Crippen LogP contribution in [0.3, 0.4) is 0 Å². The molecule has 3 rings (SSSR count). The van der Waals surface area contributed by atoms with Crippen LogP contribution in [0.5, 0.6) is 0 Å². The predicted octanol–water partition coefficient (Wildman–Crippen LogP) is 5.84. The van der Waals surface area contributed by atoms with Crippen molar-refractivity contribution >= 4 is 27.3 Å². The first kappa shape index (κ1) is 27.1. The number of hydrazone groups is 1. The summed E-state index contributed by atoms with van der Waals surface area (Å²) in [6, 6.07) is 23.4. The van der Waals surface area contributed by atoms with E-state index in [1.165, 1.54) is 17.7 Å². The lowest BCUT2D eigenvalue weighted by atomic mass is 9.86. The molecular weight excluding hydrogens is 470 g/mol. The molecule has 0 unspecified atom stereocenters. The summed E-state index contributed by atoms with van der Waals surface area (Å²) in [6.45, 7) is 12.0. The van der Waals surface area contributed by atoms with Gasteiger partial charge in [0, 0.05) is 0 Å². The summed E-state index contributed by atoms with van der Waals surface area (Å²) in [4.78, 5) is 13.0. The molecule has 36 heavy (non-hydrogen) atoms. The summed E-state index contributed by atoms with van der Waals surface area (Å²) in [7, 11) is -3.97. The van der Waals surface area contributed by atoms with Gasteiger partial charge in [-0.1, -0.05) is 89.2 Å². The number of sulfonamides is 1. The van der Waals surface area contributed by atoms with Crippen LogP contribution >= 0.6 is 0 Å². The van der Waals surface area contributed by atoms with Gasteiger partial charge in [-0.05, 0) is 59.2 Å². The van der Waals surface area contributed by atoms with E-state index >= 15 is 0 Å². The SMILES string of the molecule is C/C(=N/NC(=O)CN(c1ccc(C(C)C)cc1)S(=O)(=O)c1ccccc1)c1ccc(C(C)(C)C)cc1. The second kappa shape index (κ2) is 11.1. The van der Waals surface area contributed by atoms with E-state index in [1.54, 1.807) is 37.3 Å². The van der Waals surface area contributed by atoms with Gasteiger partial charge < -0.3 is 0 Å². The Morgan fingerprint density at radius 1 is 0.917 bits per heavy atom. The highest BCUT2D eigenvalue weighted by Gasteiger charge is 2.27. The van der Waals surface area contributed by atoms with Crippen molar-refractivity contribution in [3.63, 3.8) is 0 Å². The van der Waals surface area contributed by atoms with Crippen molar-refractivity contribution in [2.45, 2.75) is 57.8 Å². The maximum atomic E-state index is 13.5. The fraction of sp³-hybridized carbons (Fsp3) is 0.310. The molecule has 0 aromatic heterocycles. The molecule has 7 heteroatoms. The van der Waals surface area contributed by atoms with E-state index < -0.39 is 22.5 Å². The number of nitrogens with zero attached hydrogens (tertiary/aromatic N) is 2. The molecule has 0 aliphatic carbocycles. The Morgan fingerprint density at radius 3 is 2.03 bits per heavy atom. The number of benzene rings is 3. The van der Waals surface area contributed by atoms with Gasteiger partial charge in [0.15, 0.2) is 0 Å². The lowest BCUT2D eigenvalue weighted by Crippen LogP contribution is -2.39. The summed E-state index contributed by atoms with van der Waals surface area (Å²) in [5.74, 6) is -0.232.